The van der Waals surface area contributed by atoms with Crippen LogP contribution in [-0.2, 0) is 10.2 Å². The Balaban J connectivity index is 1.54. The molecule has 1 saturated heterocycles. The van der Waals surface area contributed by atoms with Crippen LogP contribution in [0.1, 0.15) is 34.5 Å². The number of nitrogens with zero attached hydrogens (tertiary/aromatic N) is 2. The Morgan fingerprint density at radius 1 is 1.23 bits per heavy atom. The summed E-state index contributed by atoms with van der Waals surface area (Å²) in [5.74, 6) is -0.474. The van der Waals surface area contributed by atoms with E-state index in [0.717, 1.165) is 17.3 Å². The molecule has 1 N–H and O–H groups in total. The van der Waals surface area contributed by atoms with Crippen LogP contribution in [0.4, 0.5) is 4.39 Å². The van der Waals surface area contributed by atoms with E-state index in [1.165, 1.54) is 17.7 Å². The van der Waals surface area contributed by atoms with Crippen LogP contribution in [0.5, 0.6) is 0 Å². The van der Waals surface area contributed by atoms with Gasteiger partial charge >= 0.3 is 0 Å². The first kappa shape index (κ1) is 20.8. The van der Waals surface area contributed by atoms with Gasteiger partial charge in [-0.05, 0) is 61.7 Å². The maximum absolute atomic E-state index is 13.2. The molecule has 0 atom stereocenters. The van der Waals surface area contributed by atoms with Crippen LogP contribution in [0.2, 0.25) is 0 Å². The van der Waals surface area contributed by atoms with Crippen molar-refractivity contribution in [2.45, 2.75) is 25.2 Å². The van der Waals surface area contributed by atoms with E-state index in [4.69, 9.17) is 4.74 Å². The van der Waals surface area contributed by atoms with Crippen molar-refractivity contribution in [1.82, 2.24) is 15.1 Å². The summed E-state index contributed by atoms with van der Waals surface area (Å²) in [6, 6.07) is 14.3. The van der Waals surface area contributed by atoms with Gasteiger partial charge in [0.2, 0.25) is 0 Å². The summed E-state index contributed by atoms with van der Waals surface area (Å²) < 4.78 is 21.5. The number of ether oxygens (including phenoxy) is 1. The fraction of sp³-hybridized carbons (Fsp3) is 0.304. The lowest BCUT2D eigenvalue weighted by Crippen LogP contribution is -2.44. The minimum atomic E-state index is -0.309. The fourth-order valence-electron chi connectivity index (χ4n) is 3.97. The number of carbonyl (C=O) groups is 1. The Morgan fingerprint density at radius 2 is 1.97 bits per heavy atom. The van der Waals surface area contributed by atoms with E-state index < -0.39 is 0 Å². The number of amides is 1. The molecule has 0 aliphatic carbocycles. The smallest absolute Gasteiger partial charge is 0.254 e. The molecule has 2 heterocycles. The first-order valence-electron chi connectivity index (χ1n) is 9.91. The highest BCUT2D eigenvalue weighted by atomic mass is 79.9. The van der Waals surface area contributed by atoms with Gasteiger partial charge in [0.05, 0.1) is 23.1 Å². The van der Waals surface area contributed by atoms with Crippen molar-refractivity contribution in [2.75, 3.05) is 19.8 Å². The number of halogens is 2. The molecule has 0 saturated carbocycles. The van der Waals surface area contributed by atoms with Crippen molar-refractivity contribution in [2.24, 2.45) is 0 Å². The molecule has 5 nitrogen and oxygen atoms in total. The predicted molar refractivity (Wildman–Crippen MR) is 116 cm³/mol. The van der Waals surface area contributed by atoms with Crippen molar-refractivity contribution in [3.05, 3.63) is 81.8 Å². The third kappa shape index (κ3) is 4.18. The van der Waals surface area contributed by atoms with Crippen LogP contribution in [0.25, 0.3) is 5.69 Å². The summed E-state index contributed by atoms with van der Waals surface area (Å²) in [4.78, 5) is 13.0. The van der Waals surface area contributed by atoms with Gasteiger partial charge in [-0.15, -0.1) is 0 Å². The molecule has 0 radical (unpaired) electrons. The van der Waals surface area contributed by atoms with Gasteiger partial charge in [0.15, 0.2) is 0 Å². The molecule has 1 aliphatic heterocycles. The van der Waals surface area contributed by atoms with E-state index in [0.29, 0.717) is 36.7 Å². The summed E-state index contributed by atoms with van der Waals surface area (Å²) in [6.07, 6.45) is 3.25. The van der Waals surface area contributed by atoms with E-state index in [2.05, 4.69) is 38.5 Å². The molecule has 1 amide bonds. The van der Waals surface area contributed by atoms with Crippen molar-refractivity contribution in [3.63, 3.8) is 0 Å². The van der Waals surface area contributed by atoms with Gasteiger partial charge < -0.3 is 10.1 Å². The summed E-state index contributed by atoms with van der Waals surface area (Å²) in [6.45, 7) is 3.70. The summed E-state index contributed by atoms with van der Waals surface area (Å²) in [5, 5.41) is 7.44. The molecule has 0 bridgehead atoms. The maximum atomic E-state index is 13.2. The highest BCUT2D eigenvalue weighted by Crippen LogP contribution is 2.35. The number of carbonyl (C=O) groups excluding carboxylic acids is 1. The van der Waals surface area contributed by atoms with Gasteiger partial charge in [0, 0.05) is 29.6 Å². The van der Waals surface area contributed by atoms with Crippen molar-refractivity contribution in [1.29, 1.82) is 0 Å². The molecule has 30 heavy (non-hydrogen) atoms. The maximum Gasteiger partial charge on any atom is 0.254 e. The number of rotatable bonds is 5. The molecule has 4 rings (SSSR count). The van der Waals surface area contributed by atoms with Gasteiger partial charge in [-0.3, -0.25) is 4.79 Å². The highest BCUT2D eigenvalue weighted by molar-refractivity contribution is 9.10. The normalized spacial score (nSPS) is 15.7. The second kappa shape index (κ2) is 8.70. The number of benzene rings is 2. The second-order valence-corrected chi connectivity index (χ2v) is 8.53. The van der Waals surface area contributed by atoms with Crippen LogP contribution in [0, 0.1) is 12.7 Å². The number of aromatic nitrogens is 2. The average molecular weight is 472 g/mol. The zero-order valence-corrected chi connectivity index (χ0v) is 18.3. The summed E-state index contributed by atoms with van der Waals surface area (Å²) >= 11 is 3.56. The van der Waals surface area contributed by atoms with Crippen molar-refractivity contribution < 1.29 is 13.9 Å². The van der Waals surface area contributed by atoms with Gasteiger partial charge in [0.25, 0.3) is 5.91 Å². The van der Waals surface area contributed by atoms with Gasteiger partial charge in [0.1, 0.15) is 5.82 Å². The highest BCUT2D eigenvalue weighted by Gasteiger charge is 2.35. The SMILES string of the molecule is Cc1c(C(=O)NCC2(c3cccc(Br)c3)CCOCC2)cnn1-c1ccc(F)cc1. The Labute approximate surface area is 183 Å². The number of hydrogen-bond donors (Lipinski definition) is 1. The zero-order chi connectivity index (χ0) is 21.1. The number of nitrogens with one attached hydrogen (secondary N) is 1. The summed E-state index contributed by atoms with van der Waals surface area (Å²) in [5.41, 5.74) is 2.96. The Morgan fingerprint density at radius 3 is 2.67 bits per heavy atom. The van der Waals surface area contributed by atoms with E-state index in [1.807, 2.05) is 19.1 Å². The van der Waals surface area contributed by atoms with Gasteiger partial charge in [-0.2, -0.15) is 5.10 Å². The molecule has 1 fully saturated rings. The number of hydrogen-bond acceptors (Lipinski definition) is 3. The second-order valence-electron chi connectivity index (χ2n) is 7.62. The third-order valence-corrected chi connectivity index (χ3v) is 6.29. The lowest BCUT2D eigenvalue weighted by Gasteiger charge is -2.38. The molecule has 1 aromatic heterocycles. The molecule has 1 aliphatic rings. The molecule has 0 spiro atoms. The average Bonchev–Trinajstić information content (AvgIpc) is 3.15. The van der Waals surface area contributed by atoms with E-state index in [9.17, 15) is 9.18 Å². The summed E-state index contributed by atoms with van der Waals surface area (Å²) in [7, 11) is 0. The minimum absolute atomic E-state index is 0.165. The largest absolute Gasteiger partial charge is 0.381 e. The molecular weight excluding hydrogens is 449 g/mol. The fourth-order valence-corrected chi connectivity index (χ4v) is 4.37. The third-order valence-electron chi connectivity index (χ3n) is 5.80. The Kier molecular flexibility index (Phi) is 6.01. The first-order valence-corrected chi connectivity index (χ1v) is 10.7. The standard InChI is InChI=1S/C23H23BrFN3O2/c1-16-21(14-27-28(16)20-7-5-19(25)6-8-20)22(29)26-15-23(9-11-30-12-10-23)17-3-2-4-18(24)13-17/h2-8,13-14H,9-12,15H2,1H3,(H,26,29). The van der Waals surface area contributed by atoms with Gasteiger partial charge in [-0.1, -0.05) is 28.1 Å². The van der Waals surface area contributed by atoms with Crippen molar-refractivity contribution >= 4 is 21.8 Å². The van der Waals surface area contributed by atoms with E-state index in [1.54, 1.807) is 23.0 Å². The lowest BCUT2D eigenvalue weighted by molar-refractivity contribution is 0.0487. The van der Waals surface area contributed by atoms with Crippen LogP contribution >= 0.6 is 15.9 Å². The predicted octanol–water partition coefficient (Wildman–Crippen LogP) is 4.56. The van der Waals surface area contributed by atoms with Crippen LogP contribution < -0.4 is 5.32 Å². The monoisotopic (exact) mass is 471 g/mol. The first-order chi connectivity index (χ1) is 14.5. The molecule has 2 aromatic carbocycles. The van der Waals surface area contributed by atoms with Crippen molar-refractivity contribution in [3.8, 4) is 5.69 Å². The van der Waals surface area contributed by atoms with E-state index >= 15 is 0 Å². The topological polar surface area (TPSA) is 56.1 Å². The molecular formula is C23H23BrFN3O2. The Bertz CT molecular complexity index is 1040. The van der Waals surface area contributed by atoms with Crippen LogP contribution in [0.15, 0.2) is 59.2 Å². The van der Waals surface area contributed by atoms with Crippen LogP contribution in [0.3, 0.4) is 0 Å². The Hall–Kier alpha value is -2.51. The molecule has 3 aromatic rings. The molecule has 7 heteroatoms. The minimum Gasteiger partial charge on any atom is -0.381 e. The van der Waals surface area contributed by atoms with E-state index in [-0.39, 0.29) is 17.1 Å². The molecule has 0 unspecified atom stereocenters. The lowest BCUT2D eigenvalue weighted by atomic mass is 9.74. The quantitative estimate of drug-likeness (QED) is 0.593. The molecule has 156 valence electrons. The zero-order valence-electron chi connectivity index (χ0n) is 16.7. The van der Waals surface area contributed by atoms with Gasteiger partial charge in [-0.25, -0.2) is 9.07 Å². The van der Waals surface area contributed by atoms with Crippen LogP contribution in [-0.4, -0.2) is 35.4 Å².